The van der Waals surface area contributed by atoms with Crippen LogP contribution >= 0.6 is 11.8 Å². The molecule has 1 aromatic carbocycles. The fourth-order valence-corrected chi connectivity index (χ4v) is 2.91. The Kier molecular flexibility index (Phi) is 4.53. The second-order valence-corrected chi connectivity index (χ2v) is 6.78. The number of nitrogens with one attached hydrogen (secondary N) is 1. The third-order valence-corrected chi connectivity index (χ3v) is 4.98. The molecule has 1 amide bonds. The number of nitro benzene ring substituents is 1. The summed E-state index contributed by atoms with van der Waals surface area (Å²) in [5.41, 5.74) is -0.248. The molecule has 0 radical (unpaired) electrons. The minimum Gasteiger partial charge on any atom is -0.392 e. The van der Waals surface area contributed by atoms with Crippen LogP contribution in [0.3, 0.4) is 0 Å². The zero-order valence-corrected chi connectivity index (χ0v) is 12.7. The van der Waals surface area contributed by atoms with Gasteiger partial charge in [0.25, 0.3) is 5.69 Å². The number of aliphatic hydroxyl groups excluding tert-OH is 1. The number of benzene rings is 1. The summed E-state index contributed by atoms with van der Waals surface area (Å²) in [5, 5.41) is 23.1. The van der Waals surface area contributed by atoms with Crippen molar-refractivity contribution < 1.29 is 14.8 Å². The quantitative estimate of drug-likeness (QED) is 0.493. The van der Waals surface area contributed by atoms with Crippen LogP contribution < -0.4 is 5.32 Å². The van der Waals surface area contributed by atoms with E-state index in [1.807, 2.05) is 13.8 Å². The van der Waals surface area contributed by atoms with Crippen LogP contribution in [0.25, 0.3) is 0 Å². The van der Waals surface area contributed by atoms with Gasteiger partial charge in [-0.2, -0.15) is 0 Å². The summed E-state index contributed by atoms with van der Waals surface area (Å²) >= 11 is 1.33. The van der Waals surface area contributed by atoms with Gasteiger partial charge < -0.3 is 10.4 Å². The number of carbonyl (C=O) groups excluding carboxylic acids is 1. The van der Waals surface area contributed by atoms with Crippen molar-refractivity contribution in [2.24, 2.45) is 5.41 Å². The van der Waals surface area contributed by atoms with E-state index in [-0.39, 0.29) is 34.9 Å². The van der Waals surface area contributed by atoms with Crippen molar-refractivity contribution in [3.63, 3.8) is 0 Å². The van der Waals surface area contributed by atoms with E-state index < -0.39 is 4.92 Å². The SMILES string of the molecule is CC1(C)C(O)CC1NC(=O)CSc1ccc([N+](=O)[O-])cc1. The summed E-state index contributed by atoms with van der Waals surface area (Å²) < 4.78 is 0. The molecule has 0 spiro atoms. The van der Waals surface area contributed by atoms with Gasteiger partial charge in [-0.1, -0.05) is 13.8 Å². The summed E-state index contributed by atoms with van der Waals surface area (Å²) in [6, 6.07) is 6.11. The minimum atomic E-state index is -0.453. The highest BCUT2D eigenvalue weighted by atomic mass is 32.2. The van der Waals surface area contributed by atoms with Gasteiger partial charge in [0.2, 0.25) is 5.91 Å². The molecule has 0 aliphatic heterocycles. The Morgan fingerprint density at radius 3 is 2.57 bits per heavy atom. The van der Waals surface area contributed by atoms with Crippen molar-refractivity contribution in [1.29, 1.82) is 0 Å². The van der Waals surface area contributed by atoms with E-state index in [0.29, 0.717) is 6.42 Å². The predicted octanol–water partition coefficient (Wildman–Crippen LogP) is 1.96. The second kappa shape index (κ2) is 6.03. The Morgan fingerprint density at radius 2 is 2.10 bits per heavy atom. The molecule has 2 rings (SSSR count). The van der Waals surface area contributed by atoms with E-state index >= 15 is 0 Å². The maximum atomic E-state index is 11.9. The molecule has 2 atom stereocenters. The first kappa shape index (κ1) is 15.8. The lowest BCUT2D eigenvalue weighted by Gasteiger charge is -2.49. The first-order chi connectivity index (χ1) is 9.80. The predicted molar refractivity (Wildman–Crippen MR) is 80.2 cm³/mol. The van der Waals surface area contributed by atoms with Gasteiger partial charge in [0.05, 0.1) is 16.8 Å². The average molecular weight is 310 g/mol. The highest BCUT2D eigenvalue weighted by molar-refractivity contribution is 8.00. The number of aliphatic hydroxyl groups is 1. The molecule has 2 unspecified atom stereocenters. The molecule has 1 aliphatic carbocycles. The Hall–Kier alpha value is -1.60. The minimum absolute atomic E-state index is 0.00235. The van der Waals surface area contributed by atoms with Gasteiger partial charge in [-0.15, -0.1) is 11.8 Å². The van der Waals surface area contributed by atoms with Crippen LogP contribution in [-0.2, 0) is 4.79 Å². The van der Waals surface area contributed by atoms with Gasteiger partial charge in [-0.25, -0.2) is 0 Å². The third kappa shape index (κ3) is 3.54. The fraction of sp³-hybridized carbons (Fsp3) is 0.500. The maximum Gasteiger partial charge on any atom is 0.269 e. The number of carbonyl (C=O) groups is 1. The van der Waals surface area contributed by atoms with E-state index in [4.69, 9.17) is 0 Å². The van der Waals surface area contributed by atoms with Gasteiger partial charge in [0.1, 0.15) is 0 Å². The normalized spacial score (nSPS) is 23.2. The van der Waals surface area contributed by atoms with Crippen molar-refractivity contribution in [1.82, 2.24) is 5.32 Å². The lowest BCUT2D eigenvalue weighted by atomic mass is 9.64. The van der Waals surface area contributed by atoms with Crippen molar-refractivity contribution in [2.75, 3.05) is 5.75 Å². The van der Waals surface area contributed by atoms with E-state index in [2.05, 4.69) is 5.32 Å². The number of amides is 1. The topological polar surface area (TPSA) is 92.5 Å². The maximum absolute atomic E-state index is 11.9. The number of nitrogens with zero attached hydrogens (tertiary/aromatic N) is 1. The van der Waals surface area contributed by atoms with Gasteiger partial charge >= 0.3 is 0 Å². The molecule has 21 heavy (non-hydrogen) atoms. The van der Waals surface area contributed by atoms with Gasteiger partial charge in [-0.05, 0) is 18.6 Å². The zero-order valence-electron chi connectivity index (χ0n) is 11.9. The summed E-state index contributed by atoms with van der Waals surface area (Å²) in [5.74, 6) is 0.156. The van der Waals surface area contributed by atoms with Crippen LogP contribution in [0.5, 0.6) is 0 Å². The van der Waals surface area contributed by atoms with E-state index in [0.717, 1.165) is 4.90 Å². The van der Waals surface area contributed by atoms with Crippen molar-refractivity contribution in [3.8, 4) is 0 Å². The van der Waals surface area contributed by atoms with Crippen LogP contribution in [-0.4, -0.2) is 33.8 Å². The van der Waals surface area contributed by atoms with Gasteiger partial charge in [0.15, 0.2) is 0 Å². The second-order valence-electron chi connectivity index (χ2n) is 5.73. The molecule has 114 valence electrons. The smallest absolute Gasteiger partial charge is 0.269 e. The molecular weight excluding hydrogens is 292 g/mol. The van der Waals surface area contributed by atoms with Gasteiger partial charge in [-0.3, -0.25) is 14.9 Å². The first-order valence-corrected chi connectivity index (χ1v) is 7.64. The number of hydrogen-bond acceptors (Lipinski definition) is 5. The molecule has 1 saturated carbocycles. The third-order valence-electron chi connectivity index (χ3n) is 3.97. The number of hydrogen-bond donors (Lipinski definition) is 2. The number of non-ortho nitro benzene ring substituents is 1. The summed E-state index contributed by atoms with van der Waals surface area (Å²) in [6.45, 7) is 3.85. The molecule has 0 saturated heterocycles. The standard InChI is InChI=1S/C14H18N2O4S/c1-14(2)11(7-12(14)17)15-13(18)8-21-10-5-3-9(4-6-10)16(19)20/h3-6,11-12,17H,7-8H2,1-2H3,(H,15,18). The average Bonchev–Trinajstić information content (AvgIpc) is 2.45. The largest absolute Gasteiger partial charge is 0.392 e. The first-order valence-electron chi connectivity index (χ1n) is 6.65. The highest BCUT2D eigenvalue weighted by Gasteiger charge is 2.47. The molecule has 1 aromatic rings. The molecule has 1 aliphatic rings. The van der Waals surface area contributed by atoms with Crippen LogP contribution in [0.4, 0.5) is 5.69 Å². The lowest BCUT2D eigenvalue weighted by molar-refractivity contribution is -0.384. The Morgan fingerprint density at radius 1 is 1.48 bits per heavy atom. The van der Waals surface area contributed by atoms with Crippen LogP contribution in [0.1, 0.15) is 20.3 Å². The Labute approximate surface area is 127 Å². The molecule has 6 nitrogen and oxygen atoms in total. The fourth-order valence-electron chi connectivity index (χ4n) is 2.20. The molecular formula is C14H18N2O4S. The molecule has 1 fully saturated rings. The number of thioether (sulfide) groups is 1. The van der Waals surface area contributed by atoms with Crippen molar-refractivity contribution >= 4 is 23.4 Å². The van der Waals surface area contributed by atoms with Gasteiger partial charge in [0, 0.05) is 28.5 Å². The Bertz CT molecular complexity index is 544. The summed E-state index contributed by atoms with van der Waals surface area (Å²) in [4.78, 5) is 22.8. The van der Waals surface area contributed by atoms with E-state index in [9.17, 15) is 20.0 Å². The zero-order chi connectivity index (χ0) is 15.6. The molecule has 0 aromatic heterocycles. The Balaban J connectivity index is 1.80. The van der Waals surface area contributed by atoms with Crippen LogP contribution in [0.15, 0.2) is 29.2 Å². The number of rotatable bonds is 5. The summed E-state index contributed by atoms with van der Waals surface area (Å²) in [6.07, 6.45) is 0.214. The van der Waals surface area contributed by atoms with E-state index in [1.54, 1.807) is 12.1 Å². The van der Waals surface area contributed by atoms with Crippen LogP contribution in [0.2, 0.25) is 0 Å². The van der Waals surface area contributed by atoms with Crippen LogP contribution in [0, 0.1) is 15.5 Å². The lowest BCUT2D eigenvalue weighted by Crippen LogP contribution is -2.61. The molecule has 0 heterocycles. The number of nitro groups is 1. The van der Waals surface area contributed by atoms with Crippen molar-refractivity contribution in [3.05, 3.63) is 34.4 Å². The van der Waals surface area contributed by atoms with Crippen molar-refractivity contribution in [2.45, 2.75) is 37.3 Å². The monoisotopic (exact) mass is 310 g/mol. The van der Waals surface area contributed by atoms with E-state index in [1.165, 1.54) is 23.9 Å². The molecule has 2 N–H and O–H groups in total. The molecule has 0 bridgehead atoms. The highest BCUT2D eigenvalue weighted by Crippen LogP contribution is 2.40. The summed E-state index contributed by atoms with van der Waals surface area (Å²) in [7, 11) is 0. The molecule has 7 heteroatoms.